The third-order valence-electron chi connectivity index (χ3n) is 5.16. The van der Waals surface area contributed by atoms with Gasteiger partial charge in [0, 0.05) is 32.1 Å². The molecule has 0 aromatic heterocycles. The molecule has 4 nitrogen and oxygen atoms in total. The highest BCUT2D eigenvalue weighted by molar-refractivity contribution is 5.93. The molecule has 0 atom stereocenters. The van der Waals surface area contributed by atoms with Crippen molar-refractivity contribution < 1.29 is 9.59 Å². The monoisotopic (exact) mass is 314 g/mol. The van der Waals surface area contributed by atoms with Gasteiger partial charge >= 0.3 is 0 Å². The zero-order valence-electron chi connectivity index (χ0n) is 13.9. The fraction of sp³-hybridized carbons (Fsp3) is 0.579. The summed E-state index contributed by atoms with van der Waals surface area (Å²) in [4.78, 5) is 25.4. The third-order valence-corrected chi connectivity index (χ3v) is 5.16. The molecule has 3 rings (SSSR count). The molecular formula is C19H26N2O2. The van der Waals surface area contributed by atoms with Gasteiger partial charge in [-0.15, -0.1) is 0 Å². The molecule has 1 aromatic carbocycles. The van der Waals surface area contributed by atoms with Crippen LogP contribution >= 0.6 is 0 Å². The summed E-state index contributed by atoms with van der Waals surface area (Å²) in [5.41, 5.74) is 3.34. The largest absolute Gasteiger partial charge is 0.352 e. The van der Waals surface area contributed by atoms with Gasteiger partial charge in [0.1, 0.15) is 0 Å². The van der Waals surface area contributed by atoms with Gasteiger partial charge in [-0.1, -0.05) is 37.8 Å². The number of fused-ring (bicyclic) bond motifs is 1. The summed E-state index contributed by atoms with van der Waals surface area (Å²) >= 11 is 0. The number of anilines is 1. The molecule has 2 amide bonds. The topological polar surface area (TPSA) is 49.4 Å². The van der Waals surface area contributed by atoms with E-state index in [2.05, 4.69) is 11.4 Å². The van der Waals surface area contributed by atoms with E-state index in [0.717, 1.165) is 36.6 Å². The molecule has 1 heterocycles. The Kier molecular flexibility index (Phi) is 4.99. The maximum atomic E-state index is 12.0. The van der Waals surface area contributed by atoms with Crippen LogP contribution in [-0.4, -0.2) is 18.4 Å². The normalized spacial score (nSPS) is 17.3. The smallest absolute Gasteiger partial charge is 0.223 e. The second kappa shape index (κ2) is 7.16. The lowest BCUT2D eigenvalue weighted by Gasteiger charge is -2.15. The van der Waals surface area contributed by atoms with Gasteiger partial charge < -0.3 is 10.2 Å². The molecular weight excluding hydrogens is 288 g/mol. The van der Waals surface area contributed by atoms with Crippen molar-refractivity contribution in [2.75, 3.05) is 11.4 Å². The molecule has 0 spiro atoms. The van der Waals surface area contributed by atoms with Crippen molar-refractivity contribution >= 4 is 17.5 Å². The Hall–Kier alpha value is -1.84. The number of benzene rings is 1. The van der Waals surface area contributed by atoms with Crippen LogP contribution in [-0.2, 0) is 22.6 Å². The van der Waals surface area contributed by atoms with Crippen molar-refractivity contribution in [1.29, 1.82) is 0 Å². The zero-order valence-corrected chi connectivity index (χ0v) is 13.9. The van der Waals surface area contributed by atoms with Gasteiger partial charge in [0.2, 0.25) is 11.8 Å². The zero-order chi connectivity index (χ0) is 16.2. The van der Waals surface area contributed by atoms with E-state index < -0.39 is 0 Å². The summed E-state index contributed by atoms with van der Waals surface area (Å²) in [6.45, 7) is 2.95. The van der Waals surface area contributed by atoms with Gasteiger partial charge in [0.05, 0.1) is 0 Å². The number of nitrogens with zero attached hydrogens (tertiary/aromatic N) is 1. The van der Waals surface area contributed by atoms with Crippen molar-refractivity contribution in [3.05, 3.63) is 29.3 Å². The average Bonchev–Trinajstić information content (AvgIpc) is 3.19. The lowest BCUT2D eigenvalue weighted by molar-refractivity contribution is -0.121. The molecule has 0 radical (unpaired) electrons. The molecule has 1 aliphatic carbocycles. The Labute approximate surface area is 138 Å². The van der Waals surface area contributed by atoms with Gasteiger partial charge in [-0.25, -0.2) is 0 Å². The SMILES string of the molecule is CC(=O)N1CCc2cc(CNC(=O)CCC3CCCC3)ccc21. The van der Waals surface area contributed by atoms with Gasteiger partial charge in [-0.05, 0) is 36.0 Å². The van der Waals surface area contributed by atoms with Crippen LogP contribution in [0.15, 0.2) is 18.2 Å². The first kappa shape index (κ1) is 16.0. The van der Waals surface area contributed by atoms with E-state index in [1.807, 2.05) is 17.0 Å². The molecule has 2 aliphatic rings. The molecule has 1 saturated carbocycles. The molecule has 0 bridgehead atoms. The second-order valence-corrected chi connectivity index (χ2v) is 6.85. The van der Waals surface area contributed by atoms with E-state index in [1.54, 1.807) is 6.92 Å². The Morgan fingerprint density at radius 2 is 2.04 bits per heavy atom. The van der Waals surface area contributed by atoms with Crippen LogP contribution in [0.25, 0.3) is 0 Å². The van der Waals surface area contributed by atoms with Gasteiger partial charge in [-0.3, -0.25) is 9.59 Å². The highest BCUT2D eigenvalue weighted by Crippen LogP contribution is 2.29. The molecule has 1 fully saturated rings. The molecule has 1 aromatic rings. The lowest BCUT2D eigenvalue weighted by atomic mass is 10.0. The van der Waals surface area contributed by atoms with Gasteiger partial charge in [-0.2, -0.15) is 0 Å². The van der Waals surface area contributed by atoms with Crippen LogP contribution in [0.1, 0.15) is 56.6 Å². The fourth-order valence-electron chi connectivity index (χ4n) is 3.82. The molecule has 1 aliphatic heterocycles. The van der Waals surface area contributed by atoms with Gasteiger partial charge in [0.25, 0.3) is 0 Å². The maximum absolute atomic E-state index is 12.0. The van der Waals surface area contributed by atoms with Crippen molar-refractivity contribution in [3.8, 4) is 0 Å². The van der Waals surface area contributed by atoms with Crippen molar-refractivity contribution in [2.45, 2.75) is 58.4 Å². The molecule has 4 heteroatoms. The van der Waals surface area contributed by atoms with Gasteiger partial charge in [0.15, 0.2) is 0 Å². The maximum Gasteiger partial charge on any atom is 0.223 e. The van der Waals surface area contributed by atoms with Crippen LogP contribution in [0.5, 0.6) is 0 Å². The highest BCUT2D eigenvalue weighted by atomic mass is 16.2. The quantitative estimate of drug-likeness (QED) is 0.907. The number of hydrogen-bond acceptors (Lipinski definition) is 2. The molecule has 0 saturated heterocycles. The van der Waals surface area contributed by atoms with E-state index in [-0.39, 0.29) is 11.8 Å². The Morgan fingerprint density at radius 3 is 2.78 bits per heavy atom. The number of hydrogen-bond donors (Lipinski definition) is 1. The number of nitrogens with one attached hydrogen (secondary N) is 1. The fourth-order valence-corrected chi connectivity index (χ4v) is 3.82. The molecule has 0 unspecified atom stereocenters. The first-order valence-electron chi connectivity index (χ1n) is 8.80. The average molecular weight is 314 g/mol. The van der Waals surface area contributed by atoms with E-state index >= 15 is 0 Å². The molecule has 124 valence electrons. The molecule has 1 N–H and O–H groups in total. The minimum atomic E-state index is 0.0942. The van der Waals surface area contributed by atoms with Crippen LogP contribution in [0.4, 0.5) is 5.69 Å². The Balaban J connectivity index is 1.49. The predicted octanol–water partition coefficient (Wildman–Crippen LogP) is 3.18. The van der Waals surface area contributed by atoms with Crippen molar-refractivity contribution in [3.63, 3.8) is 0 Å². The van der Waals surface area contributed by atoms with Crippen LogP contribution in [0, 0.1) is 5.92 Å². The lowest BCUT2D eigenvalue weighted by Crippen LogP contribution is -2.25. The standard InChI is InChI=1S/C19H26N2O2/c1-14(22)21-11-10-17-12-16(6-8-18(17)21)13-20-19(23)9-7-15-4-2-3-5-15/h6,8,12,15H,2-5,7,9-11,13H2,1H3,(H,20,23). The second-order valence-electron chi connectivity index (χ2n) is 6.85. The van der Waals surface area contributed by atoms with Crippen LogP contribution in [0.3, 0.4) is 0 Å². The highest BCUT2D eigenvalue weighted by Gasteiger charge is 2.22. The van der Waals surface area contributed by atoms with E-state index in [0.29, 0.717) is 13.0 Å². The predicted molar refractivity (Wildman–Crippen MR) is 91.2 cm³/mol. The summed E-state index contributed by atoms with van der Waals surface area (Å²) in [5, 5.41) is 3.03. The summed E-state index contributed by atoms with van der Waals surface area (Å²) in [7, 11) is 0. The van der Waals surface area contributed by atoms with Crippen LogP contribution in [0.2, 0.25) is 0 Å². The van der Waals surface area contributed by atoms with E-state index in [9.17, 15) is 9.59 Å². The Morgan fingerprint density at radius 1 is 1.26 bits per heavy atom. The number of amides is 2. The third kappa shape index (κ3) is 3.92. The summed E-state index contributed by atoms with van der Waals surface area (Å²) in [5.74, 6) is 1.01. The summed E-state index contributed by atoms with van der Waals surface area (Å²) < 4.78 is 0. The van der Waals surface area contributed by atoms with E-state index in [4.69, 9.17) is 0 Å². The first-order valence-corrected chi connectivity index (χ1v) is 8.80. The van der Waals surface area contributed by atoms with Crippen LogP contribution < -0.4 is 10.2 Å². The minimum Gasteiger partial charge on any atom is -0.352 e. The van der Waals surface area contributed by atoms with Crippen molar-refractivity contribution in [1.82, 2.24) is 5.32 Å². The number of rotatable bonds is 5. The first-order chi connectivity index (χ1) is 11.1. The molecule has 23 heavy (non-hydrogen) atoms. The van der Waals surface area contributed by atoms with E-state index in [1.165, 1.54) is 31.2 Å². The van der Waals surface area contributed by atoms with Crippen molar-refractivity contribution in [2.24, 2.45) is 5.92 Å². The Bertz CT molecular complexity index is 591. The summed E-state index contributed by atoms with van der Waals surface area (Å²) in [6, 6.07) is 6.14. The number of carbonyl (C=O) groups excluding carboxylic acids is 2. The minimum absolute atomic E-state index is 0.0942. The number of carbonyl (C=O) groups is 2. The summed E-state index contributed by atoms with van der Waals surface area (Å²) in [6.07, 6.45) is 7.84.